The van der Waals surface area contributed by atoms with Crippen molar-refractivity contribution in [3.05, 3.63) is 23.8 Å². The summed E-state index contributed by atoms with van der Waals surface area (Å²) in [5.74, 6) is 1.04. The van der Waals surface area contributed by atoms with Gasteiger partial charge in [0.05, 0.1) is 5.92 Å². The second-order valence-electron chi connectivity index (χ2n) is 6.01. The van der Waals surface area contributed by atoms with E-state index in [0.29, 0.717) is 32.2 Å². The number of hydrogen-bond acceptors (Lipinski definition) is 4. The summed E-state index contributed by atoms with van der Waals surface area (Å²) in [6.07, 6.45) is 0.762. The molecule has 2 atom stereocenters. The molecule has 114 valence electrons. The topological polar surface area (TPSA) is 59.0 Å². The van der Waals surface area contributed by atoms with E-state index in [2.05, 4.69) is 11.8 Å². The molecule has 0 aliphatic carbocycles. The molecule has 2 aliphatic rings. The Hall–Kier alpha value is -1.75. The molecule has 0 radical (unpaired) electrons. The van der Waals surface area contributed by atoms with E-state index in [1.165, 1.54) is 0 Å². The molecule has 0 bridgehead atoms. The zero-order valence-electron chi connectivity index (χ0n) is 12.2. The van der Waals surface area contributed by atoms with Gasteiger partial charge in [-0.2, -0.15) is 0 Å². The van der Waals surface area contributed by atoms with E-state index in [1.807, 2.05) is 18.2 Å². The number of ether oxygens (including phenoxy) is 2. The third-order valence-electron chi connectivity index (χ3n) is 4.13. The number of carboxylic acid groups (broad SMARTS) is 1. The molecular formula is C16H21NO4. The molecule has 0 spiro atoms. The van der Waals surface area contributed by atoms with Gasteiger partial charge in [0.2, 0.25) is 0 Å². The number of hydrogen-bond donors (Lipinski definition) is 1. The highest BCUT2D eigenvalue weighted by Gasteiger charge is 2.30. The summed E-state index contributed by atoms with van der Waals surface area (Å²) in [5, 5.41) is 9.26. The first kappa shape index (κ1) is 14.2. The standard InChI is InChI=1S/C16H21NO4/c1-11-7-13(16(18)19)10-17(8-11)9-12-3-2-4-14-15(12)21-6-5-20-14/h2-4,11,13H,5-10H2,1H3,(H,18,19). The van der Waals surface area contributed by atoms with Crippen molar-refractivity contribution < 1.29 is 19.4 Å². The van der Waals surface area contributed by atoms with Gasteiger partial charge in [-0.15, -0.1) is 0 Å². The maximum atomic E-state index is 11.3. The Morgan fingerprint density at radius 2 is 2.14 bits per heavy atom. The lowest BCUT2D eigenvalue weighted by Crippen LogP contribution is -2.42. The van der Waals surface area contributed by atoms with Crippen LogP contribution in [-0.2, 0) is 11.3 Å². The normalized spacial score (nSPS) is 25.6. The molecule has 2 heterocycles. The lowest BCUT2D eigenvalue weighted by atomic mass is 9.90. The number of piperidine rings is 1. The number of carbonyl (C=O) groups is 1. The van der Waals surface area contributed by atoms with Crippen molar-refractivity contribution in [2.24, 2.45) is 11.8 Å². The van der Waals surface area contributed by atoms with Crippen molar-refractivity contribution in [1.29, 1.82) is 0 Å². The van der Waals surface area contributed by atoms with Crippen molar-refractivity contribution in [3.8, 4) is 11.5 Å². The van der Waals surface area contributed by atoms with E-state index in [0.717, 1.165) is 30.0 Å². The van der Waals surface area contributed by atoms with Gasteiger partial charge in [0.1, 0.15) is 13.2 Å². The van der Waals surface area contributed by atoms with Gasteiger partial charge in [-0.05, 0) is 18.4 Å². The van der Waals surface area contributed by atoms with E-state index in [9.17, 15) is 9.90 Å². The van der Waals surface area contributed by atoms with Crippen LogP contribution in [0.15, 0.2) is 18.2 Å². The predicted octanol–water partition coefficient (Wildman–Crippen LogP) is 2.00. The highest BCUT2D eigenvalue weighted by atomic mass is 16.6. The molecule has 3 rings (SSSR count). The lowest BCUT2D eigenvalue weighted by molar-refractivity contribution is -0.144. The molecule has 2 aliphatic heterocycles. The zero-order valence-corrected chi connectivity index (χ0v) is 12.2. The van der Waals surface area contributed by atoms with Crippen molar-refractivity contribution in [3.63, 3.8) is 0 Å². The van der Waals surface area contributed by atoms with Crippen LogP contribution in [0.1, 0.15) is 18.9 Å². The molecule has 1 fully saturated rings. The lowest BCUT2D eigenvalue weighted by Gasteiger charge is -2.35. The predicted molar refractivity (Wildman–Crippen MR) is 77.6 cm³/mol. The SMILES string of the molecule is CC1CC(C(=O)O)CN(Cc2cccc3c2OCCO3)C1. The van der Waals surface area contributed by atoms with Crippen LogP contribution >= 0.6 is 0 Å². The molecule has 5 heteroatoms. The van der Waals surface area contributed by atoms with Crippen LogP contribution in [0.5, 0.6) is 11.5 Å². The monoisotopic (exact) mass is 291 g/mol. The van der Waals surface area contributed by atoms with Crippen molar-refractivity contribution >= 4 is 5.97 Å². The molecule has 1 aromatic rings. The molecule has 0 amide bonds. The average Bonchev–Trinajstić information content (AvgIpc) is 2.47. The Morgan fingerprint density at radius 3 is 2.95 bits per heavy atom. The Morgan fingerprint density at radius 1 is 1.33 bits per heavy atom. The first-order valence-electron chi connectivity index (χ1n) is 7.46. The number of nitrogens with zero attached hydrogens (tertiary/aromatic N) is 1. The van der Waals surface area contributed by atoms with E-state index in [4.69, 9.17) is 9.47 Å². The fourth-order valence-electron chi connectivity index (χ4n) is 3.27. The van der Waals surface area contributed by atoms with Gasteiger partial charge in [0, 0.05) is 25.2 Å². The van der Waals surface area contributed by atoms with Crippen LogP contribution in [0.3, 0.4) is 0 Å². The minimum atomic E-state index is -0.693. The largest absolute Gasteiger partial charge is 0.486 e. The molecule has 1 aromatic carbocycles. The average molecular weight is 291 g/mol. The number of likely N-dealkylation sites (tertiary alicyclic amines) is 1. The summed E-state index contributed by atoms with van der Waals surface area (Å²) in [7, 11) is 0. The summed E-state index contributed by atoms with van der Waals surface area (Å²) in [5.41, 5.74) is 1.07. The molecule has 2 unspecified atom stereocenters. The summed E-state index contributed by atoms with van der Waals surface area (Å²) in [6, 6.07) is 5.91. The van der Waals surface area contributed by atoms with Gasteiger partial charge in [-0.25, -0.2) is 0 Å². The van der Waals surface area contributed by atoms with E-state index < -0.39 is 5.97 Å². The summed E-state index contributed by atoms with van der Waals surface area (Å²) >= 11 is 0. The van der Waals surface area contributed by atoms with Crippen LogP contribution in [0.25, 0.3) is 0 Å². The first-order chi connectivity index (χ1) is 10.1. The zero-order chi connectivity index (χ0) is 14.8. The maximum Gasteiger partial charge on any atom is 0.307 e. The smallest absolute Gasteiger partial charge is 0.307 e. The Kier molecular flexibility index (Phi) is 4.01. The van der Waals surface area contributed by atoms with Crippen molar-refractivity contribution in [2.75, 3.05) is 26.3 Å². The number of fused-ring (bicyclic) bond motifs is 1. The maximum absolute atomic E-state index is 11.3. The highest BCUT2D eigenvalue weighted by molar-refractivity contribution is 5.70. The van der Waals surface area contributed by atoms with Crippen LogP contribution in [0.2, 0.25) is 0 Å². The first-order valence-corrected chi connectivity index (χ1v) is 7.46. The summed E-state index contributed by atoms with van der Waals surface area (Å²) < 4.78 is 11.3. The minimum Gasteiger partial charge on any atom is -0.486 e. The van der Waals surface area contributed by atoms with Gasteiger partial charge in [0.15, 0.2) is 11.5 Å². The number of carboxylic acids is 1. The Bertz CT molecular complexity index is 531. The highest BCUT2D eigenvalue weighted by Crippen LogP contribution is 2.35. The summed E-state index contributed by atoms with van der Waals surface area (Å²) in [6.45, 7) is 5.50. The fraction of sp³-hybridized carbons (Fsp3) is 0.562. The molecule has 5 nitrogen and oxygen atoms in total. The third kappa shape index (κ3) is 3.13. The van der Waals surface area contributed by atoms with Crippen LogP contribution in [-0.4, -0.2) is 42.3 Å². The molecular weight excluding hydrogens is 270 g/mol. The van der Waals surface area contributed by atoms with Gasteiger partial charge < -0.3 is 14.6 Å². The Labute approximate surface area is 124 Å². The Balaban J connectivity index is 1.75. The quantitative estimate of drug-likeness (QED) is 0.923. The number of aliphatic carboxylic acids is 1. The molecule has 1 saturated heterocycles. The third-order valence-corrected chi connectivity index (χ3v) is 4.13. The second-order valence-corrected chi connectivity index (χ2v) is 6.01. The van der Waals surface area contributed by atoms with Crippen molar-refractivity contribution in [1.82, 2.24) is 4.90 Å². The molecule has 1 N–H and O–H groups in total. The van der Waals surface area contributed by atoms with Gasteiger partial charge in [-0.1, -0.05) is 19.1 Å². The van der Waals surface area contributed by atoms with E-state index in [1.54, 1.807) is 0 Å². The van der Waals surface area contributed by atoms with Gasteiger partial charge >= 0.3 is 5.97 Å². The molecule has 0 saturated carbocycles. The van der Waals surface area contributed by atoms with Gasteiger partial charge in [-0.3, -0.25) is 9.69 Å². The van der Waals surface area contributed by atoms with Crippen LogP contribution < -0.4 is 9.47 Å². The molecule has 21 heavy (non-hydrogen) atoms. The minimum absolute atomic E-state index is 0.273. The van der Waals surface area contributed by atoms with E-state index in [-0.39, 0.29) is 5.92 Å². The number of para-hydroxylation sites is 1. The number of rotatable bonds is 3. The van der Waals surface area contributed by atoms with Crippen LogP contribution in [0, 0.1) is 11.8 Å². The van der Waals surface area contributed by atoms with E-state index >= 15 is 0 Å². The van der Waals surface area contributed by atoms with Crippen LogP contribution in [0.4, 0.5) is 0 Å². The fourth-order valence-corrected chi connectivity index (χ4v) is 3.27. The second kappa shape index (κ2) is 5.93. The summed E-state index contributed by atoms with van der Waals surface area (Å²) in [4.78, 5) is 13.5. The molecule has 0 aromatic heterocycles. The van der Waals surface area contributed by atoms with Gasteiger partial charge in [0.25, 0.3) is 0 Å². The number of benzene rings is 1. The van der Waals surface area contributed by atoms with Crippen molar-refractivity contribution in [2.45, 2.75) is 19.9 Å².